The van der Waals surface area contributed by atoms with Crippen molar-refractivity contribution in [2.24, 2.45) is 7.05 Å². The molecule has 0 aliphatic carbocycles. The van der Waals surface area contributed by atoms with Crippen molar-refractivity contribution in [1.82, 2.24) is 19.2 Å². The van der Waals surface area contributed by atoms with Crippen LogP contribution in [0.4, 0.5) is 0 Å². The zero-order valence-corrected chi connectivity index (χ0v) is 18.2. The third kappa shape index (κ3) is 3.58. The number of aromatic nitrogens is 4. The van der Waals surface area contributed by atoms with Crippen molar-refractivity contribution in [3.63, 3.8) is 0 Å². The second-order valence-electron chi connectivity index (χ2n) is 7.67. The summed E-state index contributed by atoms with van der Waals surface area (Å²) in [5.74, 6) is 0.0297. The maximum absolute atomic E-state index is 13.0. The molecule has 0 saturated carbocycles. The molecule has 0 N–H and O–H groups in total. The van der Waals surface area contributed by atoms with Crippen LogP contribution in [0.15, 0.2) is 89.2 Å². The van der Waals surface area contributed by atoms with E-state index in [0.29, 0.717) is 18.4 Å². The molecule has 0 radical (unpaired) electrons. The normalized spacial score (nSPS) is 11.9. The van der Waals surface area contributed by atoms with Crippen molar-refractivity contribution in [3.05, 3.63) is 90.5 Å². The van der Waals surface area contributed by atoms with E-state index in [1.165, 1.54) is 0 Å². The van der Waals surface area contributed by atoms with Gasteiger partial charge in [-0.25, -0.2) is 13.4 Å². The number of carbonyl (C=O) groups excluding carboxylic acids is 1. The van der Waals surface area contributed by atoms with Gasteiger partial charge in [-0.1, -0.05) is 12.1 Å². The van der Waals surface area contributed by atoms with Crippen LogP contribution in [0.25, 0.3) is 16.6 Å². The molecule has 0 saturated heterocycles. The molecule has 0 aliphatic rings. The first-order valence-corrected chi connectivity index (χ1v) is 11.6. The molecule has 0 unspecified atom stereocenters. The first-order valence-electron chi connectivity index (χ1n) is 10.1. The molecule has 0 spiro atoms. The van der Waals surface area contributed by atoms with E-state index in [2.05, 4.69) is 10.1 Å². The lowest BCUT2D eigenvalue weighted by atomic mass is 10.0. The van der Waals surface area contributed by atoms with Gasteiger partial charge in [0.2, 0.25) is 9.84 Å². The average Bonchev–Trinajstić information content (AvgIpc) is 3.43. The van der Waals surface area contributed by atoms with E-state index >= 15 is 0 Å². The molecule has 160 valence electrons. The molecule has 0 fully saturated rings. The summed E-state index contributed by atoms with van der Waals surface area (Å²) in [5, 5.41) is 4.94. The number of nitrogens with zero attached hydrogens (tertiary/aromatic N) is 4. The van der Waals surface area contributed by atoms with Crippen LogP contribution in [0.3, 0.4) is 0 Å². The van der Waals surface area contributed by atoms with Crippen LogP contribution in [-0.2, 0) is 23.3 Å². The summed E-state index contributed by atoms with van der Waals surface area (Å²) in [4.78, 5) is 17.2. The highest BCUT2D eigenvalue weighted by Crippen LogP contribution is 2.25. The van der Waals surface area contributed by atoms with E-state index in [4.69, 9.17) is 0 Å². The zero-order chi connectivity index (χ0) is 22.3. The lowest BCUT2D eigenvalue weighted by Gasteiger charge is -2.07. The Morgan fingerprint density at radius 1 is 1.00 bits per heavy atom. The smallest absolute Gasteiger partial charge is 0.206 e. The highest BCUT2D eigenvalue weighted by molar-refractivity contribution is 7.91. The van der Waals surface area contributed by atoms with Crippen LogP contribution in [0.1, 0.15) is 22.3 Å². The monoisotopic (exact) mass is 444 g/mol. The largest absolute Gasteiger partial charge is 0.306 e. The van der Waals surface area contributed by atoms with Gasteiger partial charge in [0.1, 0.15) is 5.65 Å². The fraction of sp³-hybridized carbons (Fsp3) is 0.125. The number of hydrogen-bond donors (Lipinski definition) is 0. The van der Waals surface area contributed by atoms with Gasteiger partial charge >= 0.3 is 0 Å². The van der Waals surface area contributed by atoms with Crippen molar-refractivity contribution >= 4 is 32.2 Å². The number of rotatable bonds is 6. The van der Waals surface area contributed by atoms with Gasteiger partial charge in [-0.05, 0) is 54.4 Å². The van der Waals surface area contributed by atoms with Crippen molar-refractivity contribution < 1.29 is 13.2 Å². The Labute approximate surface area is 184 Å². The van der Waals surface area contributed by atoms with Gasteiger partial charge < -0.3 is 4.40 Å². The highest BCUT2D eigenvalue weighted by Gasteiger charge is 2.19. The predicted octanol–water partition coefficient (Wildman–Crippen LogP) is 3.87. The number of hydrogen-bond acceptors (Lipinski definition) is 5. The van der Waals surface area contributed by atoms with Crippen molar-refractivity contribution in [2.45, 2.75) is 22.6 Å². The summed E-state index contributed by atoms with van der Waals surface area (Å²) in [6.45, 7) is 0. The van der Waals surface area contributed by atoms with Crippen LogP contribution < -0.4 is 0 Å². The van der Waals surface area contributed by atoms with Gasteiger partial charge in [0.25, 0.3) is 0 Å². The lowest BCUT2D eigenvalue weighted by Crippen LogP contribution is -2.04. The Morgan fingerprint density at radius 2 is 1.78 bits per heavy atom. The van der Waals surface area contributed by atoms with Gasteiger partial charge in [-0.15, -0.1) is 0 Å². The number of ketones is 1. The third-order valence-corrected chi connectivity index (χ3v) is 7.38. The van der Waals surface area contributed by atoms with Crippen molar-refractivity contribution in [1.29, 1.82) is 0 Å². The van der Waals surface area contributed by atoms with E-state index in [1.54, 1.807) is 78.0 Å². The summed E-state index contributed by atoms with van der Waals surface area (Å²) in [6.07, 6.45) is 7.79. The van der Waals surface area contributed by atoms with Gasteiger partial charge in [0.15, 0.2) is 5.78 Å². The van der Waals surface area contributed by atoms with E-state index in [0.717, 1.165) is 22.1 Å². The first-order chi connectivity index (χ1) is 15.4. The molecule has 3 aromatic heterocycles. The summed E-state index contributed by atoms with van der Waals surface area (Å²) < 4.78 is 29.6. The zero-order valence-electron chi connectivity index (χ0n) is 17.3. The number of benzene rings is 2. The van der Waals surface area contributed by atoms with E-state index in [1.807, 2.05) is 17.5 Å². The number of imidazole rings is 1. The highest BCUT2D eigenvalue weighted by atomic mass is 32.2. The molecule has 0 bridgehead atoms. The summed E-state index contributed by atoms with van der Waals surface area (Å²) in [6, 6.07) is 15.3. The molecule has 7 nitrogen and oxygen atoms in total. The molecular weight excluding hydrogens is 424 g/mol. The van der Waals surface area contributed by atoms with E-state index < -0.39 is 9.84 Å². The summed E-state index contributed by atoms with van der Waals surface area (Å²) in [5.41, 5.74) is 3.20. The molecule has 5 aromatic rings. The minimum atomic E-state index is -3.64. The fourth-order valence-electron chi connectivity index (χ4n) is 3.77. The van der Waals surface area contributed by atoms with Crippen molar-refractivity contribution in [3.8, 4) is 0 Å². The molecule has 8 heteroatoms. The SMILES string of the molecule is Cn1ncc2cc(S(=O)(=O)c3ccc(CCC(=O)c4ccc5nccn5c4)cc3)ccc21. The van der Waals surface area contributed by atoms with Crippen molar-refractivity contribution in [2.75, 3.05) is 0 Å². The third-order valence-electron chi connectivity index (χ3n) is 5.61. The predicted molar refractivity (Wildman–Crippen MR) is 120 cm³/mol. The van der Waals surface area contributed by atoms with Gasteiger partial charge in [-0.3, -0.25) is 9.48 Å². The van der Waals surface area contributed by atoms with Crippen LogP contribution in [0.2, 0.25) is 0 Å². The Hall–Kier alpha value is -3.78. The number of aryl methyl sites for hydroxylation is 2. The Bertz CT molecular complexity index is 1560. The Morgan fingerprint density at radius 3 is 2.59 bits per heavy atom. The fourth-order valence-corrected chi connectivity index (χ4v) is 5.06. The van der Waals surface area contributed by atoms with Crippen LogP contribution >= 0.6 is 0 Å². The number of sulfone groups is 1. The van der Waals surface area contributed by atoms with E-state index in [9.17, 15) is 13.2 Å². The molecule has 32 heavy (non-hydrogen) atoms. The van der Waals surface area contributed by atoms with E-state index in [-0.39, 0.29) is 15.6 Å². The van der Waals surface area contributed by atoms with Crippen LogP contribution in [0.5, 0.6) is 0 Å². The second-order valence-corrected chi connectivity index (χ2v) is 9.62. The minimum absolute atomic E-state index is 0.0297. The van der Waals surface area contributed by atoms with Gasteiger partial charge in [0, 0.05) is 43.0 Å². The second kappa shape index (κ2) is 7.72. The number of fused-ring (bicyclic) bond motifs is 2. The maximum atomic E-state index is 13.0. The van der Waals surface area contributed by atoms with Gasteiger partial charge in [-0.2, -0.15) is 5.10 Å². The molecule has 0 amide bonds. The molecule has 5 rings (SSSR count). The quantitative estimate of drug-likeness (QED) is 0.371. The number of carbonyl (C=O) groups is 1. The topological polar surface area (TPSA) is 86.3 Å². The lowest BCUT2D eigenvalue weighted by molar-refractivity contribution is 0.0982. The Balaban J connectivity index is 1.31. The number of Topliss-reactive ketones (excluding diaryl/α,β-unsaturated/α-hetero) is 1. The molecular formula is C24H20N4O3S. The molecule has 3 heterocycles. The Kier molecular flexibility index (Phi) is 4.86. The van der Waals surface area contributed by atoms with Crippen LogP contribution in [-0.4, -0.2) is 33.4 Å². The molecule has 0 atom stereocenters. The number of pyridine rings is 1. The summed E-state index contributed by atoms with van der Waals surface area (Å²) >= 11 is 0. The average molecular weight is 445 g/mol. The summed E-state index contributed by atoms with van der Waals surface area (Å²) in [7, 11) is -1.82. The van der Waals surface area contributed by atoms with Crippen LogP contribution in [0, 0.1) is 0 Å². The maximum Gasteiger partial charge on any atom is 0.206 e. The minimum Gasteiger partial charge on any atom is -0.306 e. The van der Waals surface area contributed by atoms with Gasteiger partial charge in [0.05, 0.1) is 21.5 Å². The molecule has 0 aliphatic heterocycles. The first kappa shape index (κ1) is 20.1. The standard InChI is InChI=1S/C24H20N4O3S/c1-27-22-9-8-21(14-19(22)15-26-27)32(30,31)20-6-2-17(3-7-20)4-10-23(29)18-5-11-24-25-12-13-28(24)16-18/h2-3,5-9,11-16H,4,10H2,1H3. The molecule has 2 aromatic carbocycles.